The molecule has 32 heavy (non-hydrogen) atoms. The van der Waals surface area contributed by atoms with Crippen molar-refractivity contribution in [3.05, 3.63) is 46.0 Å². The predicted molar refractivity (Wildman–Crippen MR) is 125 cm³/mol. The molecule has 1 fully saturated rings. The van der Waals surface area contributed by atoms with E-state index < -0.39 is 0 Å². The molecule has 1 saturated heterocycles. The largest absolute Gasteiger partial charge is 0.494 e. The number of aromatic amines is 1. The quantitative estimate of drug-likeness (QED) is 0.602. The van der Waals surface area contributed by atoms with Gasteiger partial charge in [-0.25, -0.2) is 4.68 Å². The molecule has 0 saturated carbocycles. The summed E-state index contributed by atoms with van der Waals surface area (Å²) in [6.45, 7) is 13.0. The van der Waals surface area contributed by atoms with Gasteiger partial charge in [-0.2, -0.15) is 0 Å². The van der Waals surface area contributed by atoms with Gasteiger partial charge in [0.05, 0.1) is 12.1 Å². The topological polar surface area (TPSA) is 88.9 Å². The van der Waals surface area contributed by atoms with E-state index in [0.29, 0.717) is 18.1 Å². The number of aromatic nitrogens is 5. The first kappa shape index (κ1) is 22.5. The summed E-state index contributed by atoms with van der Waals surface area (Å²) >= 11 is 0. The zero-order valence-electron chi connectivity index (χ0n) is 19.8. The molecular weight excluding hydrogens is 404 g/mol. The maximum Gasteiger partial charge on any atom is 0.253 e. The maximum absolute atomic E-state index is 13.3. The van der Waals surface area contributed by atoms with Crippen LogP contribution in [0.5, 0.6) is 5.75 Å². The smallest absolute Gasteiger partial charge is 0.253 e. The molecule has 2 atom stereocenters. The molecule has 1 N–H and O–H groups in total. The number of benzene rings is 1. The number of nitrogens with one attached hydrogen (secondary N) is 1. The Morgan fingerprint density at radius 2 is 2.09 bits per heavy atom. The van der Waals surface area contributed by atoms with Gasteiger partial charge >= 0.3 is 0 Å². The molecule has 0 radical (unpaired) electrons. The minimum absolute atomic E-state index is 0.103. The molecule has 172 valence electrons. The Bertz CT molecular complexity index is 1130. The Balaban J connectivity index is 1.89. The van der Waals surface area contributed by atoms with Crippen LogP contribution < -0.4 is 10.3 Å². The highest BCUT2D eigenvalue weighted by atomic mass is 16.5. The third-order valence-corrected chi connectivity index (χ3v) is 6.68. The van der Waals surface area contributed by atoms with Crippen LogP contribution in [0.4, 0.5) is 0 Å². The lowest BCUT2D eigenvalue weighted by atomic mass is 9.94. The summed E-state index contributed by atoms with van der Waals surface area (Å²) in [7, 11) is 0. The zero-order chi connectivity index (χ0) is 22.9. The number of fused-ring (bicyclic) bond motifs is 1. The fourth-order valence-corrected chi connectivity index (χ4v) is 4.57. The van der Waals surface area contributed by atoms with Gasteiger partial charge in [-0.3, -0.25) is 9.69 Å². The van der Waals surface area contributed by atoms with E-state index in [-0.39, 0.29) is 17.1 Å². The number of hydrogen-bond acceptors (Lipinski definition) is 6. The van der Waals surface area contributed by atoms with E-state index in [2.05, 4.69) is 53.1 Å². The highest BCUT2D eigenvalue weighted by Crippen LogP contribution is 2.33. The van der Waals surface area contributed by atoms with Crippen molar-refractivity contribution in [2.75, 3.05) is 19.7 Å². The van der Waals surface area contributed by atoms with E-state index >= 15 is 0 Å². The number of H-pyrrole nitrogens is 1. The lowest BCUT2D eigenvalue weighted by Gasteiger charge is -2.37. The molecule has 1 aliphatic heterocycles. The van der Waals surface area contributed by atoms with Crippen molar-refractivity contribution in [1.29, 1.82) is 0 Å². The fraction of sp³-hybridized carbons (Fsp3) is 0.583. The van der Waals surface area contributed by atoms with Crippen LogP contribution >= 0.6 is 0 Å². The van der Waals surface area contributed by atoms with Crippen molar-refractivity contribution < 1.29 is 4.74 Å². The van der Waals surface area contributed by atoms with Gasteiger partial charge in [0.25, 0.3) is 5.56 Å². The molecule has 1 aliphatic rings. The number of pyridine rings is 1. The van der Waals surface area contributed by atoms with Gasteiger partial charge in [0.1, 0.15) is 11.8 Å². The average Bonchev–Trinajstić information content (AvgIpc) is 3.25. The van der Waals surface area contributed by atoms with Crippen LogP contribution in [-0.4, -0.2) is 49.8 Å². The SMILES string of the molecule is CCOc1ccc2[nH]c(=O)c([C@H](c3nnnn3C(C)(C)CC)N3CCC[C@H](C)C3)cc2c1. The molecule has 0 aliphatic carbocycles. The normalized spacial score (nSPS) is 18.7. The summed E-state index contributed by atoms with van der Waals surface area (Å²) in [4.78, 5) is 18.8. The van der Waals surface area contributed by atoms with Gasteiger partial charge < -0.3 is 9.72 Å². The zero-order valence-corrected chi connectivity index (χ0v) is 19.8. The highest BCUT2D eigenvalue weighted by Gasteiger charge is 2.35. The molecule has 0 unspecified atom stereocenters. The van der Waals surface area contributed by atoms with Crippen LogP contribution in [0.15, 0.2) is 29.1 Å². The predicted octanol–water partition coefficient (Wildman–Crippen LogP) is 3.88. The Hall–Kier alpha value is -2.74. The molecule has 0 bridgehead atoms. The van der Waals surface area contributed by atoms with E-state index in [1.807, 2.05) is 35.9 Å². The van der Waals surface area contributed by atoms with Crippen LogP contribution in [-0.2, 0) is 5.54 Å². The molecule has 3 heterocycles. The monoisotopic (exact) mass is 438 g/mol. The van der Waals surface area contributed by atoms with Crippen LogP contribution in [0, 0.1) is 5.92 Å². The van der Waals surface area contributed by atoms with Gasteiger partial charge in [0.15, 0.2) is 5.82 Å². The summed E-state index contributed by atoms with van der Waals surface area (Å²) in [6, 6.07) is 7.43. The number of likely N-dealkylation sites (tertiary alicyclic amines) is 1. The second-order valence-corrected chi connectivity index (χ2v) is 9.50. The fourth-order valence-electron chi connectivity index (χ4n) is 4.57. The summed E-state index contributed by atoms with van der Waals surface area (Å²) in [6.07, 6.45) is 3.16. The first-order valence-electron chi connectivity index (χ1n) is 11.7. The van der Waals surface area contributed by atoms with Crippen molar-refractivity contribution in [3.8, 4) is 5.75 Å². The Labute approximate surface area is 189 Å². The average molecular weight is 439 g/mol. The first-order chi connectivity index (χ1) is 15.3. The Morgan fingerprint density at radius 3 is 2.81 bits per heavy atom. The van der Waals surface area contributed by atoms with Gasteiger partial charge in [-0.1, -0.05) is 13.8 Å². The van der Waals surface area contributed by atoms with Crippen molar-refractivity contribution in [2.45, 2.75) is 65.5 Å². The highest BCUT2D eigenvalue weighted by molar-refractivity contribution is 5.80. The summed E-state index contributed by atoms with van der Waals surface area (Å²) in [5, 5.41) is 13.8. The molecule has 8 nitrogen and oxygen atoms in total. The lowest BCUT2D eigenvalue weighted by Crippen LogP contribution is -2.42. The molecule has 0 spiro atoms. The Kier molecular flexibility index (Phi) is 6.33. The van der Waals surface area contributed by atoms with Crippen molar-refractivity contribution >= 4 is 10.9 Å². The number of hydrogen-bond donors (Lipinski definition) is 1. The van der Waals surface area contributed by atoms with E-state index in [0.717, 1.165) is 48.4 Å². The number of nitrogens with zero attached hydrogens (tertiary/aromatic N) is 5. The molecule has 0 amide bonds. The summed E-state index contributed by atoms with van der Waals surface area (Å²) in [5.74, 6) is 2.06. The molecule has 4 rings (SSSR count). The standard InChI is InChI=1S/C24H34N6O2/c1-6-24(4,5)30-22(26-27-28-30)21(29-12-8-9-16(3)15-29)19-14-17-13-18(32-7-2)10-11-20(17)25-23(19)31/h10-11,13-14,16,21H,6-9,12,15H2,1-5H3,(H,25,31)/t16-,21+/m0/s1. The molecule has 8 heteroatoms. The molecule has 3 aromatic rings. The van der Waals surface area contributed by atoms with Gasteiger partial charge in [0, 0.05) is 23.0 Å². The summed E-state index contributed by atoms with van der Waals surface area (Å²) in [5.41, 5.74) is 1.10. The lowest BCUT2D eigenvalue weighted by molar-refractivity contribution is 0.135. The minimum Gasteiger partial charge on any atom is -0.494 e. The third kappa shape index (κ3) is 4.28. The van der Waals surface area contributed by atoms with Crippen LogP contribution in [0.1, 0.15) is 71.3 Å². The van der Waals surface area contributed by atoms with E-state index in [1.54, 1.807) is 0 Å². The second kappa shape index (κ2) is 9.02. The van der Waals surface area contributed by atoms with Crippen molar-refractivity contribution in [3.63, 3.8) is 0 Å². The summed E-state index contributed by atoms with van der Waals surface area (Å²) < 4.78 is 7.59. The van der Waals surface area contributed by atoms with E-state index in [1.165, 1.54) is 6.42 Å². The molecule has 1 aromatic carbocycles. The Morgan fingerprint density at radius 1 is 1.28 bits per heavy atom. The number of piperidine rings is 1. The molecular formula is C24H34N6O2. The minimum atomic E-state index is -0.317. The van der Waals surface area contributed by atoms with Crippen molar-refractivity contribution in [1.82, 2.24) is 30.1 Å². The van der Waals surface area contributed by atoms with E-state index in [4.69, 9.17) is 4.74 Å². The van der Waals surface area contributed by atoms with Crippen LogP contribution in [0.2, 0.25) is 0 Å². The van der Waals surface area contributed by atoms with Crippen LogP contribution in [0.3, 0.4) is 0 Å². The number of rotatable bonds is 7. The maximum atomic E-state index is 13.3. The number of ether oxygens (including phenoxy) is 1. The first-order valence-corrected chi connectivity index (χ1v) is 11.7. The van der Waals surface area contributed by atoms with Gasteiger partial charge in [-0.15, -0.1) is 5.10 Å². The third-order valence-electron chi connectivity index (χ3n) is 6.68. The second-order valence-electron chi connectivity index (χ2n) is 9.50. The van der Waals surface area contributed by atoms with Crippen LogP contribution in [0.25, 0.3) is 10.9 Å². The van der Waals surface area contributed by atoms with Gasteiger partial charge in [-0.05, 0) is 87.2 Å². The number of tetrazole rings is 1. The van der Waals surface area contributed by atoms with Crippen molar-refractivity contribution in [2.24, 2.45) is 5.92 Å². The molecule has 2 aromatic heterocycles. The van der Waals surface area contributed by atoms with Gasteiger partial charge in [0.2, 0.25) is 0 Å². The van der Waals surface area contributed by atoms with E-state index in [9.17, 15) is 4.79 Å².